The van der Waals surface area contributed by atoms with Crippen LogP contribution in [-0.4, -0.2) is 31.4 Å². The molecule has 176 valence electrons. The van der Waals surface area contributed by atoms with Crippen molar-refractivity contribution in [2.75, 3.05) is 29.6 Å². The van der Waals surface area contributed by atoms with E-state index in [0.717, 1.165) is 35.6 Å². The lowest BCUT2D eigenvalue weighted by Gasteiger charge is -2.25. The lowest BCUT2D eigenvalue weighted by atomic mass is 9.97. The maximum atomic E-state index is 13.6. The van der Waals surface area contributed by atoms with Gasteiger partial charge in [-0.05, 0) is 80.4 Å². The molecule has 34 heavy (non-hydrogen) atoms. The maximum absolute atomic E-state index is 13.6. The van der Waals surface area contributed by atoms with Crippen LogP contribution in [0.25, 0.3) is 0 Å². The SMILES string of the molecule is CCOC(=O)c1ccc(C2=NN(c3ccc(F)cc3)[C@H](c3ccc(N(CC)CC)cc3)C2)cc1. The molecule has 0 aromatic heterocycles. The highest BCUT2D eigenvalue weighted by Gasteiger charge is 2.30. The van der Waals surface area contributed by atoms with Crippen LogP contribution in [-0.2, 0) is 4.74 Å². The van der Waals surface area contributed by atoms with Crippen molar-refractivity contribution in [3.8, 4) is 0 Å². The predicted octanol–water partition coefficient (Wildman–Crippen LogP) is 6.20. The fourth-order valence-electron chi connectivity index (χ4n) is 4.29. The summed E-state index contributed by atoms with van der Waals surface area (Å²) >= 11 is 0. The number of rotatable bonds is 8. The predicted molar refractivity (Wildman–Crippen MR) is 135 cm³/mol. The number of esters is 1. The van der Waals surface area contributed by atoms with Gasteiger partial charge in [0.15, 0.2) is 0 Å². The third-order valence-electron chi connectivity index (χ3n) is 6.14. The summed E-state index contributed by atoms with van der Waals surface area (Å²) in [5, 5.41) is 6.88. The molecular formula is C28H30FN3O2. The van der Waals surface area contributed by atoms with Crippen molar-refractivity contribution in [2.24, 2.45) is 5.10 Å². The smallest absolute Gasteiger partial charge is 0.338 e. The number of carbonyl (C=O) groups excluding carboxylic acids is 1. The molecule has 3 aromatic rings. The Kier molecular flexibility index (Phi) is 7.26. The monoisotopic (exact) mass is 459 g/mol. The van der Waals surface area contributed by atoms with E-state index in [9.17, 15) is 9.18 Å². The molecule has 0 saturated heterocycles. The highest BCUT2D eigenvalue weighted by molar-refractivity contribution is 6.04. The molecule has 0 radical (unpaired) electrons. The minimum atomic E-state index is -0.332. The Labute approximate surface area is 200 Å². The summed E-state index contributed by atoms with van der Waals surface area (Å²) in [6, 6.07) is 22.3. The zero-order valence-electron chi connectivity index (χ0n) is 19.9. The lowest BCUT2D eigenvalue weighted by Crippen LogP contribution is -2.22. The molecule has 1 aliphatic rings. The van der Waals surface area contributed by atoms with Crippen molar-refractivity contribution in [1.29, 1.82) is 0 Å². The molecule has 1 aliphatic heterocycles. The summed E-state index contributed by atoms with van der Waals surface area (Å²) in [4.78, 5) is 14.3. The molecule has 0 unspecified atom stereocenters. The Hall–Kier alpha value is -3.67. The van der Waals surface area contributed by atoms with E-state index < -0.39 is 0 Å². The number of halogens is 1. The van der Waals surface area contributed by atoms with Crippen LogP contribution in [0.5, 0.6) is 0 Å². The second-order valence-electron chi connectivity index (χ2n) is 8.15. The molecule has 0 aliphatic carbocycles. The molecule has 0 spiro atoms. The highest BCUT2D eigenvalue weighted by atomic mass is 19.1. The second-order valence-corrected chi connectivity index (χ2v) is 8.15. The average Bonchev–Trinajstić information content (AvgIpc) is 3.31. The third kappa shape index (κ3) is 4.96. The van der Waals surface area contributed by atoms with Gasteiger partial charge in [-0.25, -0.2) is 9.18 Å². The van der Waals surface area contributed by atoms with Crippen LogP contribution < -0.4 is 9.91 Å². The topological polar surface area (TPSA) is 45.1 Å². The Morgan fingerprint density at radius 1 is 0.971 bits per heavy atom. The van der Waals surface area contributed by atoms with E-state index in [1.54, 1.807) is 31.2 Å². The van der Waals surface area contributed by atoms with Gasteiger partial charge >= 0.3 is 5.97 Å². The summed E-state index contributed by atoms with van der Waals surface area (Å²) in [6.07, 6.45) is 0.695. The van der Waals surface area contributed by atoms with E-state index in [2.05, 4.69) is 43.0 Å². The van der Waals surface area contributed by atoms with Crippen LogP contribution in [0.1, 0.15) is 54.7 Å². The van der Waals surface area contributed by atoms with Crippen LogP contribution in [0.15, 0.2) is 77.9 Å². The molecule has 4 rings (SSSR count). The first-order valence-electron chi connectivity index (χ1n) is 11.8. The lowest BCUT2D eigenvalue weighted by molar-refractivity contribution is 0.0526. The van der Waals surface area contributed by atoms with Gasteiger partial charge in [0.1, 0.15) is 5.82 Å². The van der Waals surface area contributed by atoms with E-state index in [4.69, 9.17) is 9.84 Å². The number of anilines is 2. The fraction of sp³-hybridized carbons (Fsp3) is 0.286. The second kappa shape index (κ2) is 10.5. The van der Waals surface area contributed by atoms with Gasteiger partial charge in [-0.15, -0.1) is 0 Å². The van der Waals surface area contributed by atoms with Crippen LogP contribution in [0, 0.1) is 5.82 Å². The molecular weight excluding hydrogens is 429 g/mol. The normalized spacial score (nSPS) is 15.2. The van der Waals surface area contributed by atoms with E-state index in [-0.39, 0.29) is 17.8 Å². The molecule has 0 saturated carbocycles. The standard InChI is InChI=1S/C28H30FN3O2/c1-4-31(5-2)24-15-11-21(12-16-24)27-19-26(30-32(27)25-17-13-23(29)14-18-25)20-7-9-22(10-8-20)28(33)34-6-3/h7-18,27H,4-6,19H2,1-3H3/t27-/m0/s1. The summed E-state index contributed by atoms with van der Waals surface area (Å²) in [7, 11) is 0. The van der Waals surface area contributed by atoms with E-state index >= 15 is 0 Å². The van der Waals surface area contributed by atoms with Gasteiger partial charge in [-0.1, -0.05) is 24.3 Å². The first-order valence-corrected chi connectivity index (χ1v) is 11.8. The molecule has 6 heteroatoms. The molecule has 0 fully saturated rings. The molecule has 1 atom stereocenters. The zero-order chi connectivity index (χ0) is 24.1. The van der Waals surface area contributed by atoms with Gasteiger partial charge in [-0.2, -0.15) is 5.10 Å². The molecule has 0 bridgehead atoms. The van der Waals surface area contributed by atoms with Crippen LogP contribution in [0.4, 0.5) is 15.8 Å². The van der Waals surface area contributed by atoms with Crippen molar-refractivity contribution in [3.05, 3.63) is 95.3 Å². The van der Waals surface area contributed by atoms with Crippen molar-refractivity contribution in [2.45, 2.75) is 33.2 Å². The number of hydrogen-bond acceptors (Lipinski definition) is 5. The number of hydrogen-bond donors (Lipinski definition) is 0. The van der Waals surface area contributed by atoms with Gasteiger partial charge in [0.2, 0.25) is 0 Å². The minimum absolute atomic E-state index is 0.0176. The quantitative estimate of drug-likeness (QED) is 0.376. The number of carbonyl (C=O) groups is 1. The first-order chi connectivity index (χ1) is 16.5. The average molecular weight is 460 g/mol. The van der Waals surface area contributed by atoms with Crippen molar-refractivity contribution >= 4 is 23.1 Å². The number of ether oxygens (including phenoxy) is 1. The number of benzene rings is 3. The molecule has 1 heterocycles. The zero-order valence-corrected chi connectivity index (χ0v) is 19.9. The van der Waals surface area contributed by atoms with Gasteiger partial charge < -0.3 is 9.64 Å². The van der Waals surface area contributed by atoms with Crippen LogP contribution in [0.3, 0.4) is 0 Å². The van der Waals surface area contributed by atoms with Crippen molar-refractivity contribution in [3.63, 3.8) is 0 Å². The summed E-state index contributed by atoms with van der Waals surface area (Å²) in [5.41, 5.74) is 5.54. The fourth-order valence-corrected chi connectivity index (χ4v) is 4.29. The highest BCUT2D eigenvalue weighted by Crippen LogP contribution is 2.37. The Morgan fingerprint density at radius 3 is 2.21 bits per heavy atom. The third-order valence-corrected chi connectivity index (χ3v) is 6.14. The van der Waals surface area contributed by atoms with Crippen LogP contribution in [0.2, 0.25) is 0 Å². The Morgan fingerprint density at radius 2 is 1.62 bits per heavy atom. The van der Waals surface area contributed by atoms with E-state index in [0.29, 0.717) is 18.6 Å². The van der Waals surface area contributed by atoms with Crippen molar-refractivity contribution in [1.82, 2.24) is 0 Å². The number of hydrazone groups is 1. The molecule has 3 aromatic carbocycles. The molecule has 5 nitrogen and oxygen atoms in total. The van der Waals surface area contributed by atoms with Crippen LogP contribution >= 0.6 is 0 Å². The van der Waals surface area contributed by atoms with E-state index in [1.807, 2.05) is 17.1 Å². The Balaban J connectivity index is 1.64. The first kappa shape index (κ1) is 23.5. The summed E-state index contributed by atoms with van der Waals surface area (Å²) in [5.74, 6) is -0.608. The largest absolute Gasteiger partial charge is 0.462 e. The van der Waals surface area contributed by atoms with Gasteiger partial charge in [0.25, 0.3) is 0 Å². The van der Waals surface area contributed by atoms with E-state index in [1.165, 1.54) is 17.8 Å². The minimum Gasteiger partial charge on any atom is -0.462 e. The van der Waals surface area contributed by atoms with Gasteiger partial charge in [0, 0.05) is 25.2 Å². The molecule has 0 N–H and O–H groups in total. The molecule has 0 amide bonds. The summed E-state index contributed by atoms with van der Waals surface area (Å²) in [6.45, 7) is 8.34. The number of nitrogens with zero attached hydrogens (tertiary/aromatic N) is 3. The van der Waals surface area contributed by atoms with Crippen molar-refractivity contribution < 1.29 is 13.9 Å². The van der Waals surface area contributed by atoms with Gasteiger partial charge in [-0.3, -0.25) is 5.01 Å². The maximum Gasteiger partial charge on any atom is 0.338 e. The van der Waals surface area contributed by atoms with Gasteiger partial charge in [0.05, 0.1) is 29.6 Å². The summed E-state index contributed by atoms with van der Waals surface area (Å²) < 4.78 is 18.7. The Bertz CT molecular complexity index is 1140.